The number of fused-ring (bicyclic) bond motifs is 5. The molecule has 25 heavy (non-hydrogen) atoms. The Bertz CT molecular complexity index is 1220. The van der Waals surface area contributed by atoms with Crippen LogP contribution in [0.3, 0.4) is 0 Å². The minimum absolute atomic E-state index is 0.446. The van der Waals surface area contributed by atoms with E-state index in [1.807, 2.05) is 11.8 Å². The molecule has 0 saturated heterocycles. The van der Waals surface area contributed by atoms with Gasteiger partial charge < -0.3 is 0 Å². The van der Waals surface area contributed by atoms with E-state index in [2.05, 4.69) is 73.7 Å². The zero-order valence-corrected chi connectivity index (χ0v) is 14.6. The van der Waals surface area contributed by atoms with Gasteiger partial charge in [0.1, 0.15) is 0 Å². The molecule has 1 nitrogen and oxygen atoms in total. The molecule has 1 unspecified atom stereocenters. The summed E-state index contributed by atoms with van der Waals surface area (Å²) in [4.78, 5) is 6.19. The first-order valence-corrected chi connectivity index (χ1v) is 9.49. The van der Waals surface area contributed by atoms with Crippen LogP contribution in [0.5, 0.6) is 0 Å². The summed E-state index contributed by atoms with van der Waals surface area (Å²) in [6.07, 6.45) is 9.10. The lowest BCUT2D eigenvalue weighted by molar-refractivity contribution is 1.49. The van der Waals surface area contributed by atoms with E-state index >= 15 is 0 Å². The zero-order chi connectivity index (χ0) is 16.5. The van der Waals surface area contributed by atoms with E-state index in [1.54, 1.807) is 0 Å². The van der Waals surface area contributed by atoms with Crippen LogP contribution in [0.25, 0.3) is 22.1 Å². The van der Waals surface area contributed by atoms with Gasteiger partial charge in [0.2, 0.25) is 0 Å². The Morgan fingerprint density at radius 2 is 1.92 bits per heavy atom. The number of hydrogen-bond donors (Lipinski definition) is 0. The van der Waals surface area contributed by atoms with Gasteiger partial charge in [-0.05, 0) is 52.3 Å². The zero-order valence-electron chi connectivity index (χ0n) is 13.8. The minimum atomic E-state index is 0.446. The van der Waals surface area contributed by atoms with Crippen LogP contribution in [0.4, 0.5) is 5.69 Å². The van der Waals surface area contributed by atoms with Crippen LogP contribution < -0.4 is 10.4 Å². The average Bonchev–Trinajstić information content (AvgIpc) is 3.34. The molecular weight excluding hydrogens is 322 g/mol. The summed E-state index contributed by atoms with van der Waals surface area (Å²) in [5.41, 5.74) is 8.95. The second-order valence-electron chi connectivity index (χ2n) is 6.84. The molecule has 0 spiro atoms. The summed E-state index contributed by atoms with van der Waals surface area (Å²) in [5, 5.41) is 3.20. The lowest BCUT2D eigenvalue weighted by Gasteiger charge is -2.11. The molecule has 0 saturated carbocycles. The summed E-state index contributed by atoms with van der Waals surface area (Å²) in [7, 11) is 0. The summed E-state index contributed by atoms with van der Waals surface area (Å²) < 4.78 is 0. The lowest BCUT2D eigenvalue weighted by atomic mass is 9.95. The Balaban J connectivity index is 1.56. The van der Waals surface area contributed by atoms with Gasteiger partial charge in [-0.15, -0.1) is 11.8 Å². The fraction of sp³-hybridized carbons (Fsp3) is 0.0870. The standard InChI is InChI=1S/C23H15NS/c1-13-9-10-19-22(13)23-16(7-4-8-18(23)24-19)21-12-17-15-6-3-2-5-14(15)11-20(17)25-21/h2-12,20H,1H3. The third-order valence-electron chi connectivity index (χ3n) is 5.39. The maximum absolute atomic E-state index is 4.83. The maximum atomic E-state index is 4.83. The van der Waals surface area contributed by atoms with Crippen LogP contribution in [-0.2, 0) is 0 Å². The first-order valence-electron chi connectivity index (χ1n) is 8.61. The second-order valence-corrected chi connectivity index (χ2v) is 8.03. The highest BCUT2D eigenvalue weighted by atomic mass is 32.2. The number of thioether (sulfide) groups is 1. The molecule has 0 radical (unpaired) electrons. The van der Waals surface area contributed by atoms with E-state index in [4.69, 9.17) is 4.99 Å². The third kappa shape index (κ3) is 1.78. The molecule has 4 aliphatic rings. The van der Waals surface area contributed by atoms with Gasteiger partial charge in [0.25, 0.3) is 0 Å². The van der Waals surface area contributed by atoms with Crippen molar-refractivity contribution >= 4 is 45.3 Å². The molecule has 1 atom stereocenters. The SMILES string of the molecule is CC1=C2C(=Nc3cccc(C4=CC5=c6ccccc6=CC5S4)c32)C=C1. The summed E-state index contributed by atoms with van der Waals surface area (Å²) in [6, 6.07) is 15.2. The van der Waals surface area contributed by atoms with Crippen LogP contribution in [0.2, 0.25) is 0 Å². The van der Waals surface area contributed by atoms with Crippen molar-refractivity contribution in [2.75, 3.05) is 0 Å². The van der Waals surface area contributed by atoms with Gasteiger partial charge in [0.15, 0.2) is 0 Å². The van der Waals surface area contributed by atoms with Crippen molar-refractivity contribution in [2.24, 2.45) is 4.99 Å². The minimum Gasteiger partial charge on any atom is -0.248 e. The number of allylic oxidation sites excluding steroid dienone is 5. The predicted molar refractivity (Wildman–Crippen MR) is 108 cm³/mol. The van der Waals surface area contributed by atoms with Gasteiger partial charge in [0, 0.05) is 16.0 Å². The Morgan fingerprint density at radius 1 is 1.00 bits per heavy atom. The molecule has 118 valence electrons. The van der Waals surface area contributed by atoms with Crippen LogP contribution in [0.15, 0.2) is 71.3 Å². The molecule has 2 aliphatic carbocycles. The van der Waals surface area contributed by atoms with E-state index in [0.717, 1.165) is 11.4 Å². The molecule has 6 rings (SSSR count). The first kappa shape index (κ1) is 13.7. The van der Waals surface area contributed by atoms with Crippen molar-refractivity contribution in [3.63, 3.8) is 0 Å². The molecule has 0 N–H and O–H groups in total. The highest BCUT2D eigenvalue weighted by Crippen LogP contribution is 2.50. The molecule has 0 bridgehead atoms. The van der Waals surface area contributed by atoms with Gasteiger partial charge in [-0.25, -0.2) is 4.99 Å². The lowest BCUT2D eigenvalue weighted by Crippen LogP contribution is -2.21. The monoisotopic (exact) mass is 337 g/mol. The van der Waals surface area contributed by atoms with Gasteiger partial charge >= 0.3 is 0 Å². The smallest absolute Gasteiger partial charge is 0.0722 e. The van der Waals surface area contributed by atoms with Crippen molar-refractivity contribution in [2.45, 2.75) is 12.2 Å². The van der Waals surface area contributed by atoms with E-state index in [0.29, 0.717) is 5.25 Å². The fourth-order valence-corrected chi connectivity index (χ4v) is 5.55. The molecule has 0 amide bonds. The van der Waals surface area contributed by atoms with Crippen LogP contribution in [-0.4, -0.2) is 11.0 Å². The molecule has 0 fully saturated rings. The van der Waals surface area contributed by atoms with E-state index in [9.17, 15) is 0 Å². The summed E-state index contributed by atoms with van der Waals surface area (Å²) in [5.74, 6) is 0. The summed E-state index contributed by atoms with van der Waals surface area (Å²) in [6.45, 7) is 2.18. The molecule has 2 aliphatic heterocycles. The Kier molecular flexibility index (Phi) is 2.59. The maximum Gasteiger partial charge on any atom is 0.0722 e. The highest BCUT2D eigenvalue weighted by Gasteiger charge is 2.31. The molecule has 2 aromatic rings. The van der Waals surface area contributed by atoms with Crippen molar-refractivity contribution in [3.05, 3.63) is 87.8 Å². The highest BCUT2D eigenvalue weighted by molar-refractivity contribution is 8.10. The Hall–Kier alpha value is -2.58. The van der Waals surface area contributed by atoms with Crippen molar-refractivity contribution in [1.82, 2.24) is 0 Å². The van der Waals surface area contributed by atoms with Gasteiger partial charge in [-0.2, -0.15) is 0 Å². The average molecular weight is 337 g/mol. The molecule has 0 aromatic heterocycles. The van der Waals surface area contributed by atoms with E-state index in [-0.39, 0.29) is 0 Å². The van der Waals surface area contributed by atoms with Gasteiger partial charge in [-0.3, -0.25) is 0 Å². The predicted octanol–water partition coefficient (Wildman–Crippen LogP) is 4.22. The van der Waals surface area contributed by atoms with Crippen LogP contribution in [0, 0.1) is 0 Å². The quantitative estimate of drug-likeness (QED) is 0.759. The third-order valence-corrected chi connectivity index (χ3v) is 6.63. The topological polar surface area (TPSA) is 12.4 Å². The fourth-order valence-electron chi connectivity index (χ4n) is 4.24. The number of hydrogen-bond acceptors (Lipinski definition) is 2. The van der Waals surface area contributed by atoms with Crippen molar-refractivity contribution in [1.29, 1.82) is 0 Å². The van der Waals surface area contributed by atoms with Crippen molar-refractivity contribution < 1.29 is 0 Å². The second kappa shape index (κ2) is 4.74. The van der Waals surface area contributed by atoms with Crippen LogP contribution >= 0.6 is 11.8 Å². The largest absolute Gasteiger partial charge is 0.248 e. The van der Waals surface area contributed by atoms with E-state index < -0.39 is 0 Å². The molecular formula is C23H15NS. The Morgan fingerprint density at radius 3 is 2.88 bits per heavy atom. The molecule has 2 aromatic carbocycles. The molecule has 2 heteroatoms. The number of rotatable bonds is 1. The number of nitrogens with zero attached hydrogens (tertiary/aromatic N) is 1. The van der Waals surface area contributed by atoms with E-state index in [1.165, 1.54) is 43.2 Å². The Labute approximate surface area is 150 Å². The number of aliphatic imine (C=N–C) groups is 1. The normalized spacial score (nSPS) is 21.6. The first-order chi connectivity index (χ1) is 12.3. The molecule has 2 heterocycles. The van der Waals surface area contributed by atoms with Crippen molar-refractivity contribution in [3.8, 4) is 0 Å². The summed E-state index contributed by atoms with van der Waals surface area (Å²) >= 11 is 1.97. The van der Waals surface area contributed by atoms with Crippen LogP contribution in [0.1, 0.15) is 18.1 Å². The van der Waals surface area contributed by atoms with Gasteiger partial charge in [-0.1, -0.05) is 48.6 Å². The number of benzene rings is 2. The van der Waals surface area contributed by atoms with Gasteiger partial charge in [0.05, 0.1) is 16.6 Å².